The number of para-hydroxylation sites is 2. The molecule has 0 spiro atoms. The Morgan fingerprint density at radius 1 is 1.25 bits per heavy atom. The zero-order valence-corrected chi connectivity index (χ0v) is 12.0. The van der Waals surface area contributed by atoms with Crippen molar-refractivity contribution in [1.82, 2.24) is 4.90 Å². The lowest BCUT2D eigenvalue weighted by molar-refractivity contribution is -0.137. The summed E-state index contributed by atoms with van der Waals surface area (Å²) in [6.07, 6.45) is 0.479. The fourth-order valence-corrected chi connectivity index (χ4v) is 1.83. The summed E-state index contributed by atoms with van der Waals surface area (Å²) in [6.45, 7) is 0.393. The SMILES string of the molecule is COc1ccccc1N(C)C(=O)N(C)CCCC(=O)O. The molecule has 0 aliphatic heterocycles. The van der Waals surface area contributed by atoms with Gasteiger partial charge >= 0.3 is 12.0 Å². The average molecular weight is 280 g/mol. The van der Waals surface area contributed by atoms with Gasteiger partial charge in [0, 0.05) is 27.1 Å². The minimum Gasteiger partial charge on any atom is -0.495 e. The maximum atomic E-state index is 12.2. The molecule has 0 bridgehead atoms. The number of amides is 2. The monoisotopic (exact) mass is 280 g/mol. The van der Waals surface area contributed by atoms with Gasteiger partial charge in [0.25, 0.3) is 0 Å². The van der Waals surface area contributed by atoms with Crippen LogP contribution in [0.2, 0.25) is 0 Å². The number of carboxylic acids is 1. The molecule has 0 aliphatic rings. The molecule has 0 atom stereocenters. The van der Waals surface area contributed by atoms with E-state index >= 15 is 0 Å². The van der Waals surface area contributed by atoms with E-state index in [9.17, 15) is 9.59 Å². The number of ether oxygens (including phenoxy) is 1. The molecular formula is C14H20N2O4. The zero-order valence-electron chi connectivity index (χ0n) is 12.0. The van der Waals surface area contributed by atoms with Crippen LogP contribution in [-0.2, 0) is 4.79 Å². The third kappa shape index (κ3) is 4.15. The second-order valence-electron chi connectivity index (χ2n) is 4.43. The van der Waals surface area contributed by atoms with Crippen LogP contribution in [0.25, 0.3) is 0 Å². The van der Waals surface area contributed by atoms with E-state index in [-0.39, 0.29) is 12.5 Å². The quantitative estimate of drug-likeness (QED) is 0.865. The first-order chi connectivity index (χ1) is 9.47. The van der Waals surface area contributed by atoms with Gasteiger partial charge in [0.15, 0.2) is 0 Å². The van der Waals surface area contributed by atoms with Crippen molar-refractivity contribution < 1.29 is 19.4 Å². The fourth-order valence-electron chi connectivity index (χ4n) is 1.83. The summed E-state index contributed by atoms with van der Waals surface area (Å²) in [5, 5.41) is 8.59. The van der Waals surface area contributed by atoms with E-state index in [0.717, 1.165) is 0 Å². The van der Waals surface area contributed by atoms with Crippen LogP contribution in [0.1, 0.15) is 12.8 Å². The Balaban J connectivity index is 2.68. The lowest BCUT2D eigenvalue weighted by atomic mass is 10.2. The molecule has 1 aromatic carbocycles. The molecule has 0 radical (unpaired) electrons. The first-order valence-corrected chi connectivity index (χ1v) is 6.31. The van der Waals surface area contributed by atoms with Crippen LogP contribution in [0.5, 0.6) is 5.75 Å². The molecule has 110 valence electrons. The topological polar surface area (TPSA) is 70.1 Å². The molecule has 0 fully saturated rings. The van der Waals surface area contributed by atoms with Crippen LogP contribution in [-0.4, -0.2) is 49.8 Å². The molecule has 0 saturated heterocycles. The van der Waals surface area contributed by atoms with Gasteiger partial charge in [-0.1, -0.05) is 12.1 Å². The molecule has 1 N–H and O–H groups in total. The van der Waals surface area contributed by atoms with Gasteiger partial charge in [0.05, 0.1) is 12.8 Å². The third-order valence-electron chi connectivity index (χ3n) is 2.94. The van der Waals surface area contributed by atoms with Crippen LogP contribution in [0.3, 0.4) is 0 Å². The van der Waals surface area contributed by atoms with Crippen molar-refractivity contribution in [3.63, 3.8) is 0 Å². The Kier molecular flexibility index (Phi) is 5.83. The van der Waals surface area contributed by atoms with Crippen molar-refractivity contribution in [3.8, 4) is 5.75 Å². The van der Waals surface area contributed by atoms with Crippen LogP contribution >= 0.6 is 0 Å². The Hall–Kier alpha value is -2.24. The van der Waals surface area contributed by atoms with Crippen molar-refractivity contribution in [1.29, 1.82) is 0 Å². The first kappa shape index (κ1) is 15.8. The van der Waals surface area contributed by atoms with Gasteiger partial charge in [-0.25, -0.2) is 4.79 Å². The van der Waals surface area contributed by atoms with Gasteiger partial charge in [0.1, 0.15) is 5.75 Å². The van der Waals surface area contributed by atoms with Crippen molar-refractivity contribution in [2.45, 2.75) is 12.8 Å². The van der Waals surface area contributed by atoms with Gasteiger partial charge in [0.2, 0.25) is 0 Å². The van der Waals surface area contributed by atoms with Gasteiger partial charge < -0.3 is 14.7 Å². The highest BCUT2D eigenvalue weighted by Gasteiger charge is 2.18. The van der Waals surface area contributed by atoms with E-state index in [4.69, 9.17) is 9.84 Å². The van der Waals surface area contributed by atoms with Gasteiger partial charge in [-0.2, -0.15) is 0 Å². The predicted octanol–water partition coefficient (Wildman–Crippen LogP) is 2.05. The van der Waals surface area contributed by atoms with Crippen molar-refractivity contribution in [2.75, 3.05) is 32.6 Å². The number of anilines is 1. The number of hydrogen-bond donors (Lipinski definition) is 1. The number of aliphatic carboxylic acids is 1. The number of carbonyl (C=O) groups is 2. The second kappa shape index (κ2) is 7.37. The normalized spacial score (nSPS) is 9.95. The largest absolute Gasteiger partial charge is 0.495 e. The molecule has 20 heavy (non-hydrogen) atoms. The van der Waals surface area contributed by atoms with E-state index in [1.165, 1.54) is 9.80 Å². The Labute approximate surface area is 118 Å². The molecule has 6 heteroatoms. The fraction of sp³-hybridized carbons (Fsp3) is 0.429. The molecule has 0 aliphatic carbocycles. The summed E-state index contributed by atoms with van der Waals surface area (Å²) in [6, 6.07) is 7.02. The highest BCUT2D eigenvalue weighted by Crippen LogP contribution is 2.27. The van der Waals surface area contributed by atoms with Crippen molar-refractivity contribution in [3.05, 3.63) is 24.3 Å². The molecule has 6 nitrogen and oxygen atoms in total. The summed E-state index contributed by atoms with van der Waals surface area (Å²) in [4.78, 5) is 25.7. The summed E-state index contributed by atoms with van der Waals surface area (Å²) in [5.74, 6) is -0.244. The highest BCUT2D eigenvalue weighted by molar-refractivity contribution is 5.92. The number of carbonyl (C=O) groups excluding carboxylic acids is 1. The number of benzene rings is 1. The maximum absolute atomic E-state index is 12.2. The number of nitrogens with zero attached hydrogens (tertiary/aromatic N) is 2. The number of rotatable bonds is 6. The lowest BCUT2D eigenvalue weighted by Gasteiger charge is -2.26. The van der Waals surface area contributed by atoms with Gasteiger partial charge in [-0.15, -0.1) is 0 Å². The molecule has 0 saturated carbocycles. The van der Waals surface area contributed by atoms with Gasteiger partial charge in [-0.05, 0) is 18.6 Å². The summed E-state index contributed by atoms with van der Waals surface area (Å²) < 4.78 is 5.22. The van der Waals surface area contributed by atoms with Crippen molar-refractivity contribution in [2.24, 2.45) is 0 Å². The van der Waals surface area contributed by atoms with E-state index in [0.29, 0.717) is 24.4 Å². The number of methoxy groups -OCH3 is 1. The third-order valence-corrected chi connectivity index (χ3v) is 2.94. The zero-order chi connectivity index (χ0) is 15.1. The number of carboxylic acid groups (broad SMARTS) is 1. The van der Waals surface area contributed by atoms with Crippen LogP contribution in [0.15, 0.2) is 24.3 Å². The van der Waals surface area contributed by atoms with Crippen LogP contribution < -0.4 is 9.64 Å². The molecule has 0 unspecified atom stereocenters. The predicted molar refractivity (Wildman–Crippen MR) is 76.3 cm³/mol. The lowest BCUT2D eigenvalue weighted by Crippen LogP contribution is -2.39. The molecular weight excluding hydrogens is 260 g/mol. The Morgan fingerprint density at radius 3 is 2.50 bits per heavy atom. The number of hydrogen-bond acceptors (Lipinski definition) is 3. The van der Waals surface area contributed by atoms with E-state index in [2.05, 4.69) is 0 Å². The van der Waals surface area contributed by atoms with Gasteiger partial charge in [-0.3, -0.25) is 9.69 Å². The standard InChI is InChI=1S/C14H20N2O4/c1-15(10-6-9-13(17)18)14(19)16(2)11-7-4-5-8-12(11)20-3/h4-5,7-8H,6,9-10H2,1-3H3,(H,17,18). The van der Waals surface area contributed by atoms with E-state index in [1.54, 1.807) is 33.3 Å². The molecule has 2 amide bonds. The van der Waals surface area contributed by atoms with E-state index < -0.39 is 5.97 Å². The molecule has 0 heterocycles. The summed E-state index contributed by atoms with van der Waals surface area (Å²) in [5.41, 5.74) is 0.671. The summed E-state index contributed by atoms with van der Waals surface area (Å²) >= 11 is 0. The van der Waals surface area contributed by atoms with Crippen LogP contribution in [0.4, 0.5) is 10.5 Å². The maximum Gasteiger partial charge on any atom is 0.324 e. The summed E-state index contributed by atoms with van der Waals surface area (Å²) in [7, 11) is 4.86. The number of urea groups is 1. The van der Waals surface area contributed by atoms with Crippen molar-refractivity contribution >= 4 is 17.7 Å². The molecule has 0 aromatic heterocycles. The minimum absolute atomic E-state index is 0.0516. The second-order valence-corrected chi connectivity index (χ2v) is 4.43. The minimum atomic E-state index is -0.857. The Morgan fingerprint density at radius 2 is 1.90 bits per heavy atom. The first-order valence-electron chi connectivity index (χ1n) is 6.31. The van der Waals surface area contributed by atoms with Crippen LogP contribution in [0, 0.1) is 0 Å². The average Bonchev–Trinajstić information content (AvgIpc) is 2.45. The highest BCUT2D eigenvalue weighted by atomic mass is 16.5. The smallest absolute Gasteiger partial charge is 0.324 e. The molecule has 1 rings (SSSR count). The molecule has 1 aromatic rings. The Bertz CT molecular complexity index is 476. The van der Waals surface area contributed by atoms with E-state index in [1.807, 2.05) is 12.1 Å².